The second kappa shape index (κ2) is 8.65. The summed E-state index contributed by atoms with van der Waals surface area (Å²) in [7, 11) is 0. The van der Waals surface area contributed by atoms with Crippen molar-refractivity contribution in [2.24, 2.45) is 5.92 Å². The van der Waals surface area contributed by atoms with E-state index >= 15 is 0 Å². The molecule has 6 heteroatoms. The first-order valence-electron chi connectivity index (χ1n) is 8.81. The highest BCUT2D eigenvalue weighted by Gasteiger charge is 2.21. The van der Waals surface area contributed by atoms with Crippen LogP contribution in [0.2, 0.25) is 0 Å². The molecule has 1 fully saturated rings. The smallest absolute Gasteiger partial charge is 0.335 e. The fraction of sp³-hybridized carbons (Fsp3) is 0.526. The van der Waals surface area contributed by atoms with Gasteiger partial charge in [-0.3, -0.25) is 9.59 Å². The molecule has 0 aliphatic heterocycles. The number of rotatable bonds is 6. The Morgan fingerprint density at radius 3 is 2.52 bits per heavy atom. The number of aromatic carboxylic acids is 1. The lowest BCUT2D eigenvalue weighted by Gasteiger charge is -2.22. The van der Waals surface area contributed by atoms with Crippen molar-refractivity contribution >= 4 is 23.5 Å². The number of anilines is 1. The SMILES string of the molecule is Cc1ccc(C(=O)O)cc1NC(=O)C(C)NC(=O)CC1CCCCC1. The van der Waals surface area contributed by atoms with Crippen molar-refractivity contribution < 1.29 is 19.5 Å². The third kappa shape index (κ3) is 5.59. The van der Waals surface area contributed by atoms with E-state index in [1.165, 1.54) is 31.4 Å². The third-order valence-corrected chi connectivity index (χ3v) is 4.71. The van der Waals surface area contributed by atoms with E-state index in [1.54, 1.807) is 19.9 Å². The maximum Gasteiger partial charge on any atom is 0.335 e. The summed E-state index contributed by atoms with van der Waals surface area (Å²) in [5.74, 6) is -1.10. The molecule has 25 heavy (non-hydrogen) atoms. The molecule has 1 unspecified atom stereocenters. The maximum atomic E-state index is 12.3. The van der Waals surface area contributed by atoms with E-state index in [0.717, 1.165) is 18.4 Å². The average Bonchev–Trinajstić information content (AvgIpc) is 2.57. The van der Waals surface area contributed by atoms with Crippen LogP contribution < -0.4 is 10.6 Å². The van der Waals surface area contributed by atoms with Gasteiger partial charge in [-0.15, -0.1) is 0 Å². The number of hydrogen-bond donors (Lipinski definition) is 3. The van der Waals surface area contributed by atoms with E-state index in [-0.39, 0.29) is 17.4 Å². The predicted octanol–water partition coefficient (Wildman–Crippen LogP) is 3.11. The highest BCUT2D eigenvalue weighted by atomic mass is 16.4. The summed E-state index contributed by atoms with van der Waals surface area (Å²) in [6, 6.07) is 3.88. The summed E-state index contributed by atoms with van der Waals surface area (Å²) in [6.07, 6.45) is 6.21. The molecule has 1 aromatic rings. The van der Waals surface area contributed by atoms with E-state index in [0.29, 0.717) is 18.0 Å². The second-order valence-electron chi connectivity index (χ2n) is 6.82. The molecule has 3 N–H and O–H groups in total. The molecular formula is C19H26N2O4. The molecule has 6 nitrogen and oxygen atoms in total. The zero-order chi connectivity index (χ0) is 18.4. The zero-order valence-electron chi connectivity index (χ0n) is 14.8. The van der Waals surface area contributed by atoms with Crippen LogP contribution in [0.5, 0.6) is 0 Å². The Kier molecular flexibility index (Phi) is 6.56. The van der Waals surface area contributed by atoms with Crippen molar-refractivity contribution in [2.75, 3.05) is 5.32 Å². The number of nitrogens with one attached hydrogen (secondary N) is 2. The quantitative estimate of drug-likeness (QED) is 0.737. The summed E-state index contributed by atoms with van der Waals surface area (Å²) in [5.41, 5.74) is 1.31. The van der Waals surface area contributed by atoms with Gasteiger partial charge in [0.15, 0.2) is 0 Å². The number of carbonyl (C=O) groups is 3. The Bertz CT molecular complexity index is 651. The van der Waals surface area contributed by atoms with Crippen LogP contribution in [0.1, 0.15) is 61.4 Å². The molecule has 0 saturated heterocycles. The van der Waals surface area contributed by atoms with E-state index < -0.39 is 12.0 Å². The molecule has 1 aromatic carbocycles. The van der Waals surface area contributed by atoms with Crippen molar-refractivity contribution in [2.45, 2.75) is 58.4 Å². The average molecular weight is 346 g/mol. The minimum absolute atomic E-state index is 0.106. The standard InChI is InChI=1S/C19H26N2O4/c1-12-8-9-15(19(24)25)11-16(12)21-18(23)13(2)20-17(22)10-14-6-4-3-5-7-14/h8-9,11,13-14H,3-7,10H2,1-2H3,(H,20,22)(H,21,23)(H,24,25). The topological polar surface area (TPSA) is 95.5 Å². The number of carbonyl (C=O) groups excluding carboxylic acids is 2. The number of carboxylic acids is 1. The Morgan fingerprint density at radius 2 is 1.88 bits per heavy atom. The van der Waals surface area contributed by atoms with Gasteiger partial charge in [0.25, 0.3) is 0 Å². The van der Waals surface area contributed by atoms with Crippen LogP contribution in [0.25, 0.3) is 0 Å². The number of hydrogen-bond acceptors (Lipinski definition) is 3. The van der Waals surface area contributed by atoms with E-state index in [1.807, 2.05) is 0 Å². The van der Waals surface area contributed by atoms with Gasteiger partial charge in [-0.2, -0.15) is 0 Å². The Labute approximate surface area is 148 Å². The first kappa shape index (κ1) is 19.0. The summed E-state index contributed by atoms with van der Waals surface area (Å²) < 4.78 is 0. The van der Waals surface area contributed by atoms with Crippen LogP contribution in [-0.4, -0.2) is 28.9 Å². The van der Waals surface area contributed by atoms with Crippen LogP contribution in [0.15, 0.2) is 18.2 Å². The number of amides is 2. The van der Waals surface area contributed by atoms with Gasteiger partial charge >= 0.3 is 5.97 Å². The molecule has 0 aromatic heterocycles. The number of aryl methyl sites for hydroxylation is 1. The van der Waals surface area contributed by atoms with Gasteiger partial charge < -0.3 is 15.7 Å². The minimum Gasteiger partial charge on any atom is -0.478 e. The normalized spacial score (nSPS) is 16.1. The van der Waals surface area contributed by atoms with Crippen LogP contribution in [0, 0.1) is 12.8 Å². The maximum absolute atomic E-state index is 12.3. The summed E-state index contributed by atoms with van der Waals surface area (Å²) in [4.78, 5) is 35.5. The lowest BCUT2D eigenvalue weighted by molar-refractivity contribution is -0.126. The first-order chi connectivity index (χ1) is 11.9. The largest absolute Gasteiger partial charge is 0.478 e. The molecule has 1 saturated carbocycles. The van der Waals surface area contributed by atoms with Gasteiger partial charge in [-0.1, -0.05) is 25.3 Å². The van der Waals surface area contributed by atoms with Crippen molar-refractivity contribution in [3.8, 4) is 0 Å². The monoisotopic (exact) mass is 346 g/mol. The Hall–Kier alpha value is -2.37. The van der Waals surface area contributed by atoms with Gasteiger partial charge in [-0.05, 0) is 50.3 Å². The summed E-state index contributed by atoms with van der Waals surface area (Å²) in [5, 5.41) is 14.5. The lowest BCUT2D eigenvalue weighted by atomic mass is 9.87. The van der Waals surface area contributed by atoms with Gasteiger partial charge in [0.05, 0.1) is 5.56 Å². The van der Waals surface area contributed by atoms with Crippen molar-refractivity contribution in [1.82, 2.24) is 5.32 Å². The molecule has 1 aliphatic carbocycles. The van der Waals surface area contributed by atoms with Gasteiger partial charge in [0.2, 0.25) is 11.8 Å². The highest BCUT2D eigenvalue weighted by molar-refractivity contribution is 5.98. The van der Waals surface area contributed by atoms with Crippen molar-refractivity contribution in [3.05, 3.63) is 29.3 Å². The predicted molar refractivity (Wildman–Crippen MR) is 95.6 cm³/mol. The Morgan fingerprint density at radius 1 is 1.20 bits per heavy atom. The fourth-order valence-electron chi connectivity index (χ4n) is 3.15. The first-order valence-corrected chi connectivity index (χ1v) is 8.81. The molecule has 0 heterocycles. The molecule has 0 spiro atoms. The third-order valence-electron chi connectivity index (χ3n) is 4.71. The number of carboxylic acid groups (broad SMARTS) is 1. The summed E-state index contributed by atoms with van der Waals surface area (Å²) >= 11 is 0. The van der Waals surface area contributed by atoms with Crippen molar-refractivity contribution in [1.29, 1.82) is 0 Å². The molecule has 136 valence electrons. The zero-order valence-corrected chi connectivity index (χ0v) is 14.8. The van der Waals surface area contributed by atoms with Crippen LogP contribution >= 0.6 is 0 Å². The van der Waals surface area contributed by atoms with Gasteiger partial charge in [0, 0.05) is 12.1 Å². The van der Waals surface area contributed by atoms with E-state index in [4.69, 9.17) is 5.11 Å². The fourth-order valence-corrected chi connectivity index (χ4v) is 3.15. The second-order valence-corrected chi connectivity index (χ2v) is 6.82. The van der Waals surface area contributed by atoms with Gasteiger partial charge in [0.1, 0.15) is 6.04 Å². The lowest BCUT2D eigenvalue weighted by Crippen LogP contribution is -2.42. The number of benzene rings is 1. The minimum atomic E-state index is -1.05. The molecule has 0 bridgehead atoms. The Balaban J connectivity index is 1.90. The van der Waals surface area contributed by atoms with Crippen molar-refractivity contribution in [3.63, 3.8) is 0 Å². The van der Waals surface area contributed by atoms with E-state index in [9.17, 15) is 14.4 Å². The van der Waals surface area contributed by atoms with Crippen LogP contribution in [0.4, 0.5) is 5.69 Å². The highest BCUT2D eigenvalue weighted by Crippen LogP contribution is 2.26. The van der Waals surface area contributed by atoms with Crippen LogP contribution in [0.3, 0.4) is 0 Å². The molecular weight excluding hydrogens is 320 g/mol. The van der Waals surface area contributed by atoms with Gasteiger partial charge in [-0.25, -0.2) is 4.79 Å². The molecule has 2 rings (SSSR count). The molecule has 1 aliphatic rings. The summed E-state index contributed by atoms with van der Waals surface area (Å²) in [6.45, 7) is 3.41. The molecule has 1 atom stereocenters. The van der Waals surface area contributed by atoms with Crippen LogP contribution in [-0.2, 0) is 9.59 Å². The molecule has 0 radical (unpaired) electrons. The molecule has 2 amide bonds. The van der Waals surface area contributed by atoms with E-state index in [2.05, 4.69) is 10.6 Å².